The van der Waals surface area contributed by atoms with Gasteiger partial charge in [0.1, 0.15) is 13.2 Å². The van der Waals surface area contributed by atoms with Gasteiger partial charge >= 0.3 is 0 Å². The summed E-state index contributed by atoms with van der Waals surface area (Å²) in [5, 5.41) is 0. The van der Waals surface area contributed by atoms with E-state index in [4.69, 9.17) is 23.7 Å². The SMILES string of the molecule is CCc1ccc2c(c1)OCCOCCOCCOCCO2. The Morgan fingerprint density at radius 2 is 1.24 bits per heavy atom. The first-order chi connectivity index (χ1) is 10.4. The number of rotatable bonds is 1. The Balaban J connectivity index is 1.96. The van der Waals surface area contributed by atoms with E-state index < -0.39 is 0 Å². The lowest BCUT2D eigenvalue weighted by atomic mass is 10.1. The zero-order chi connectivity index (χ0) is 14.8. The zero-order valence-corrected chi connectivity index (χ0v) is 12.6. The summed E-state index contributed by atoms with van der Waals surface area (Å²) in [6, 6.07) is 6.04. The highest BCUT2D eigenvalue weighted by molar-refractivity contribution is 5.43. The van der Waals surface area contributed by atoms with Gasteiger partial charge in [0, 0.05) is 0 Å². The molecule has 0 radical (unpaired) electrons. The third-order valence-electron chi connectivity index (χ3n) is 3.13. The third-order valence-corrected chi connectivity index (χ3v) is 3.13. The van der Waals surface area contributed by atoms with Crippen LogP contribution in [0.1, 0.15) is 12.5 Å². The minimum Gasteiger partial charge on any atom is -0.487 e. The van der Waals surface area contributed by atoms with E-state index in [2.05, 4.69) is 13.0 Å². The summed E-state index contributed by atoms with van der Waals surface area (Å²) in [6.07, 6.45) is 0.966. The van der Waals surface area contributed by atoms with E-state index in [-0.39, 0.29) is 0 Å². The van der Waals surface area contributed by atoms with Gasteiger partial charge < -0.3 is 23.7 Å². The second-order valence-electron chi connectivity index (χ2n) is 4.67. The molecule has 1 aliphatic rings. The van der Waals surface area contributed by atoms with Crippen LogP contribution in [0.15, 0.2) is 18.2 Å². The maximum Gasteiger partial charge on any atom is 0.161 e. The minimum atomic E-state index is 0.498. The van der Waals surface area contributed by atoms with E-state index in [0.29, 0.717) is 52.9 Å². The van der Waals surface area contributed by atoms with Crippen molar-refractivity contribution in [3.8, 4) is 11.5 Å². The molecule has 0 atom stereocenters. The molecule has 0 bridgehead atoms. The molecule has 1 aromatic rings. The van der Waals surface area contributed by atoms with E-state index in [0.717, 1.165) is 17.9 Å². The molecule has 2 rings (SSSR count). The van der Waals surface area contributed by atoms with E-state index in [9.17, 15) is 0 Å². The lowest BCUT2D eigenvalue weighted by molar-refractivity contribution is 0.00708. The summed E-state index contributed by atoms with van der Waals surface area (Å²) in [6.45, 7) is 6.49. The summed E-state index contributed by atoms with van der Waals surface area (Å²) in [7, 11) is 0. The molecule has 0 saturated heterocycles. The van der Waals surface area contributed by atoms with Crippen molar-refractivity contribution in [2.24, 2.45) is 0 Å². The van der Waals surface area contributed by atoms with Crippen molar-refractivity contribution in [3.05, 3.63) is 23.8 Å². The molecule has 0 amide bonds. The number of fused-ring (bicyclic) bond motifs is 1. The standard InChI is InChI=1S/C16H24O5/c1-2-14-3-4-15-16(13-14)21-12-10-19-8-6-17-5-7-18-9-11-20-15/h3-4,13H,2,5-12H2,1H3. The molecule has 0 aliphatic carbocycles. The van der Waals surface area contributed by atoms with Crippen LogP contribution in [0.2, 0.25) is 0 Å². The van der Waals surface area contributed by atoms with Gasteiger partial charge in [-0.25, -0.2) is 0 Å². The number of hydrogen-bond acceptors (Lipinski definition) is 5. The summed E-state index contributed by atoms with van der Waals surface area (Å²) >= 11 is 0. The van der Waals surface area contributed by atoms with E-state index >= 15 is 0 Å². The average molecular weight is 296 g/mol. The first kappa shape index (κ1) is 16.1. The molecule has 1 aliphatic heterocycles. The van der Waals surface area contributed by atoms with Crippen molar-refractivity contribution in [1.82, 2.24) is 0 Å². The van der Waals surface area contributed by atoms with Crippen LogP contribution < -0.4 is 9.47 Å². The lowest BCUT2D eigenvalue weighted by Crippen LogP contribution is -2.13. The van der Waals surface area contributed by atoms with Gasteiger partial charge in [-0.15, -0.1) is 0 Å². The number of hydrogen-bond donors (Lipinski definition) is 0. The molecular formula is C16H24O5. The maximum atomic E-state index is 5.77. The van der Waals surface area contributed by atoms with Crippen molar-refractivity contribution >= 4 is 0 Å². The van der Waals surface area contributed by atoms with Crippen LogP contribution in [0.5, 0.6) is 11.5 Å². The van der Waals surface area contributed by atoms with Crippen LogP contribution >= 0.6 is 0 Å². The number of aryl methyl sites for hydroxylation is 1. The summed E-state index contributed by atoms with van der Waals surface area (Å²) in [5.74, 6) is 1.52. The zero-order valence-electron chi connectivity index (χ0n) is 12.6. The van der Waals surface area contributed by atoms with Crippen molar-refractivity contribution < 1.29 is 23.7 Å². The molecule has 5 nitrogen and oxygen atoms in total. The molecule has 5 heteroatoms. The summed E-state index contributed by atoms with van der Waals surface area (Å²) < 4.78 is 27.8. The molecule has 0 N–H and O–H groups in total. The van der Waals surface area contributed by atoms with Crippen molar-refractivity contribution in [1.29, 1.82) is 0 Å². The molecule has 1 heterocycles. The monoisotopic (exact) mass is 296 g/mol. The van der Waals surface area contributed by atoms with Crippen LogP contribution in [-0.2, 0) is 20.6 Å². The highest BCUT2D eigenvalue weighted by atomic mass is 16.6. The molecule has 0 spiro atoms. The minimum absolute atomic E-state index is 0.498. The van der Waals surface area contributed by atoms with Crippen LogP contribution in [-0.4, -0.2) is 52.9 Å². The summed E-state index contributed by atoms with van der Waals surface area (Å²) in [5.41, 5.74) is 1.22. The molecule has 0 fully saturated rings. The Bertz CT molecular complexity index is 408. The Hall–Kier alpha value is -1.30. The molecular weight excluding hydrogens is 272 g/mol. The van der Waals surface area contributed by atoms with Crippen LogP contribution in [0.4, 0.5) is 0 Å². The molecule has 1 aromatic carbocycles. The van der Waals surface area contributed by atoms with Gasteiger partial charge in [0.2, 0.25) is 0 Å². The number of ether oxygens (including phenoxy) is 5. The van der Waals surface area contributed by atoms with Gasteiger partial charge in [-0.1, -0.05) is 13.0 Å². The fourth-order valence-electron chi connectivity index (χ4n) is 1.97. The molecule has 0 unspecified atom stereocenters. The second kappa shape index (κ2) is 9.60. The Morgan fingerprint density at radius 1 is 0.714 bits per heavy atom. The van der Waals surface area contributed by atoms with Gasteiger partial charge in [-0.3, -0.25) is 0 Å². The fraction of sp³-hybridized carbons (Fsp3) is 0.625. The van der Waals surface area contributed by atoms with Crippen LogP contribution in [0, 0.1) is 0 Å². The Labute approximate surface area is 126 Å². The largest absolute Gasteiger partial charge is 0.487 e. The van der Waals surface area contributed by atoms with Crippen molar-refractivity contribution in [2.45, 2.75) is 13.3 Å². The predicted octanol–water partition coefficient (Wildman–Crippen LogP) is 2.07. The van der Waals surface area contributed by atoms with Gasteiger partial charge in [-0.05, 0) is 24.1 Å². The normalized spacial score (nSPS) is 18.5. The first-order valence-electron chi connectivity index (χ1n) is 7.52. The Morgan fingerprint density at radius 3 is 1.81 bits per heavy atom. The van der Waals surface area contributed by atoms with E-state index in [1.807, 2.05) is 12.1 Å². The highest BCUT2D eigenvalue weighted by Crippen LogP contribution is 2.28. The second-order valence-corrected chi connectivity index (χ2v) is 4.67. The van der Waals surface area contributed by atoms with Gasteiger partial charge in [0.15, 0.2) is 11.5 Å². The average Bonchev–Trinajstić information content (AvgIpc) is 2.52. The lowest BCUT2D eigenvalue weighted by Gasteiger charge is -2.14. The topological polar surface area (TPSA) is 46.2 Å². The van der Waals surface area contributed by atoms with Crippen LogP contribution in [0.25, 0.3) is 0 Å². The predicted molar refractivity (Wildman–Crippen MR) is 79.3 cm³/mol. The van der Waals surface area contributed by atoms with E-state index in [1.54, 1.807) is 0 Å². The molecule has 0 aromatic heterocycles. The van der Waals surface area contributed by atoms with Crippen molar-refractivity contribution in [3.63, 3.8) is 0 Å². The highest BCUT2D eigenvalue weighted by Gasteiger charge is 2.07. The number of benzene rings is 1. The Kier molecular flexibility index (Phi) is 7.35. The third kappa shape index (κ3) is 5.91. The van der Waals surface area contributed by atoms with Crippen LogP contribution in [0.3, 0.4) is 0 Å². The molecule has 118 valence electrons. The van der Waals surface area contributed by atoms with Gasteiger partial charge in [0.25, 0.3) is 0 Å². The smallest absolute Gasteiger partial charge is 0.161 e. The van der Waals surface area contributed by atoms with Crippen molar-refractivity contribution in [2.75, 3.05) is 52.9 Å². The fourth-order valence-corrected chi connectivity index (χ4v) is 1.97. The quantitative estimate of drug-likeness (QED) is 0.794. The molecule has 0 saturated carbocycles. The first-order valence-corrected chi connectivity index (χ1v) is 7.52. The van der Waals surface area contributed by atoms with E-state index in [1.165, 1.54) is 5.56 Å². The molecule has 21 heavy (non-hydrogen) atoms. The summed E-state index contributed by atoms with van der Waals surface area (Å²) in [4.78, 5) is 0. The van der Waals surface area contributed by atoms with Gasteiger partial charge in [0.05, 0.1) is 39.6 Å². The van der Waals surface area contributed by atoms with Gasteiger partial charge in [-0.2, -0.15) is 0 Å². The maximum absolute atomic E-state index is 5.77.